The molecule has 2 N–H and O–H groups in total. The number of benzene rings is 1. The Kier molecular flexibility index (Phi) is 3.82. The summed E-state index contributed by atoms with van der Waals surface area (Å²) in [5, 5.41) is 13.1. The molecule has 3 nitrogen and oxygen atoms in total. The maximum atomic E-state index is 9.93. The Morgan fingerprint density at radius 2 is 2.18 bits per heavy atom. The smallest absolute Gasteiger partial charge is 0.0758 e. The van der Waals surface area contributed by atoms with Crippen LogP contribution in [0.4, 0.5) is 0 Å². The Bertz CT molecular complexity index is 376. The molecule has 1 fully saturated rings. The van der Waals surface area contributed by atoms with Gasteiger partial charge in [-0.05, 0) is 31.5 Å². The quantitative estimate of drug-likeness (QED) is 0.826. The first-order chi connectivity index (χ1) is 8.09. The molecule has 1 aliphatic heterocycles. The van der Waals surface area contributed by atoms with Crippen molar-refractivity contribution in [2.24, 2.45) is 0 Å². The number of likely N-dealkylation sites (tertiary alicyclic amines) is 1. The summed E-state index contributed by atoms with van der Waals surface area (Å²) < 4.78 is 0. The summed E-state index contributed by atoms with van der Waals surface area (Å²) in [5.74, 6) is 0. The van der Waals surface area contributed by atoms with Crippen LogP contribution in [0.25, 0.3) is 0 Å². The third-order valence-electron chi connectivity index (χ3n) is 3.31. The summed E-state index contributed by atoms with van der Waals surface area (Å²) in [6, 6.07) is 8.64. The van der Waals surface area contributed by atoms with Crippen LogP contribution in [0.3, 0.4) is 0 Å². The van der Waals surface area contributed by atoms with Crippen molar-refractivity contribution in [2.75, 3.05) is 20.1 Å². The third-order valence-corrected chi connectivity index (χ3v) is 3.31. The Morgan fingerprint density at radius 1 is 1.41 bits per heavy atom. The highest BCUT2D eigenvalue weighted by molar-refractivity contribution is 5.23. The molecule has 0 saturated carbocycles. The Hall–Kier alpha value is -0.900. The van der Waals surface area contributed by atoms with E-state index in [-0.39, 0.29) is 0 Å². The summed E-state index contributed by atoms with van der Waals surface area (Å²) in [7, 11) is 1.96. The van der Waals surface area contributed by atoms with Crippen molar-refractivity contribution in [3.05, 3.63) is 35.4 Å². The fourth-order valence-electron chi connectivity index (χ4n) is 2.47. The summed E-state index contributed by atoms with van der Waals surface area (Å²) >= 11 is 0. The normalized spacial score (nSPS) is 25.4. The molecular formula is C14H22N2O. The number of nitrogens with zero attached hydrogens (tertiary/aromatic N) is 1. The van der Waals surface area contributed by atoms with E-state index in [0.29, 0.717) is 0 Å². The van der Waals surface area contributed by atoms with E-state index in [1.807, 2.05) is 14.0 Å². The molecule has 0 aromatic heterocycles. The molecule has 1 heterocycles. The third kappa shape index (κ3) is 3.53. The van der Waals surface area contributed by atoms with Gasteiger partial charge in [-0.2, -0.15) is 0 Å². The number of rotatable bonds is 4. The van der Waals surface area contributed by atoms with Gasteiger partial charge in [0.25, 0.3) is 0 Å². The topological polar surface area (TPSA) is 35.5 Å². The minimum atomic E-state index is -0.497. The van der Waals surface area contributed by atoms with Crippen molar-refractivity contribution in [1.82, 2.24) is 10.2 Å². The molecule has 1 aromatic rings. The van der Waals surface area contributed by atoms with Gasteiger partial charge in [-0.25, -0.2) is 0 Å². The molecule has 0 radical (unpaired) electrons. The lowest BCUT2D eigenvalue weighted by Crippen LogP contribution is -2.29. The van der Waals surface area contributed by atoms with Crippen molar-refractivity contribution in [3.63, 3.8) is 0 Å². The Balaban J connectivity index is 1.97. The molecule has 0 spiro atoms. The minimum Gasteiger partial charge on any atom is -0.389 e. The Labute approximate surface area is 103 Å². The van der Waals surface area contributed by atoms with Crippen molar-refractivity contribution in [1.29, 1.82) is 0 Å². The van der Waals surface area contributed by atoms with Crippen molar-refractivity contribution in [3.8, 4) is 0 Å². The lowest BCUT2D eigenvalue weighted by atomic mass is 10.1. The van der Waals surface area contributed by atoms with Gasteiger partial charge < -0.3 is 10.4 Å². The summed E-state index contributed by atoms with van der Waals surface area (Å²) in [5.41, 5.74) is 2.15. The lowest BCUT2D eigenvalue weighted by molar-refractivity contribution is 0.0679. The predicted octanol–water partition coefficient (Wildman–Crippen LogP) is 1.36. The average Bonchev–Trinajstić information content (AvgIpc) is 2.59. The molecule has 0 aliphatic carbocycles. The molecule has 0 amide bonds. The first kappa shape index (κ1) is 12.6. The van der Waals surface area contributed by atoms with Crippen molar-refractivity contribution < 1.29 is 5.11 Å². The van der Waals surface area contributed by atoms with Gasteiger partial charge in [0.1, 0.15) is 0 Å². The summed E-state index contributed by atoms with van der Waals surface area (Å²) in [4.78, 5) is 2.32. The SMILES string of the molecule is CNCc1cccc(CN2CCC(C)(O)C2)c1. The molecule has 1 saturated heterocycles. The minimum absolute atomic E-state index is 0.497. The number of β-amino-alcohol motifs (C(OH)–C–C–N with tert-alkyl or cyclic N) is 1. The number of hydrogen-bond acceptors (Lipinski definition) is 3. The van der Waals surface area contributed by atoms with Crippen LogP contribution in [-0.2, 0) is 13.1 Å². The molecule has 94 valence electrons. The van der Waals surface area contributed by atoms with E-state index < -0.39 is 5.60 Å². The van der Waals surface area contributed by atoms with Crippen LogP contribution in [0.5, 0.6) is 0 Å². The highest BCUT2D eigenvalue weighted by atomic mass is 16.3. The molecule has 1 atom stereocenters. The molecule has 0 bridgehead atoms. The Morgan fingerprint density at radius 3 is 2.82 bits per heavy atom. The number of nitrogens with one attached hydrogen (secondary N) is 1. The van der Waals surface area contributed by atoms with Crippen molar-refractivity contribution in [2.45, 2.75) is 32.0 Å². The maximum Gasteiger partial charge on any atom is 0.0758 e. The van der Waals surface area contributed by atoms with Gasteiger partial charge in [0.2, 0.25) is 0 Å². The fourth-order valence-corrected chi connectivity index (χ4v) is 2.47. The van der Waals surface area contributed by atoms with Crippen LogP contribution in [-0.4, -0.2) is 35.7 Å². The monoisotopic (exact) mass is 234 g/mol. The highest BCUT2D eigenvalue weighted by Crippen LogP contribution is 2.22. The fraction of sp³-hybridized carbons (Fsp3) is 0.571. The van der Waals surface area contributed by atoms with Gasteiger partial charge in [0.15, 0.2) is 0 Å². The van der Waals surface area contributed by atoms with Crippen LogP contribution >= 0.6 is 0 Å². The van der Waals surface area contributed by atoms with Gasteiger partial charge in [-0.1, -0.05) is 24.3 Å². The molecule has 17 heavy (non-hydrogen) atoms. The molecular weight excluding hydrogens is 212 g/mol. The zero-order valence-electron chi connectivity index (χ0n) is 10.7. The van der Waals surface area contributed by atoms with Gasteiger partial charge >= 0.3 is 0 Å². The van der Waals surface area contributed by atoms with Crippen LogP contribution in [0.1, 0.15) is 24.5 Å². The van der Waals surface area contributed by atoms with E-state index >= 15 is 0 Å². The first-order valence-corrected chi connectivity index (χ1v) is 6.26. The van der Waals surface area contributed by atoms with Crippen LogP contribution in [0, 0.1) is 0 Å². The molecule has 1 aliphatic rings. The lowest BCUT2D eigenvalue weighted by Gasteiger charge is -2.19. The van der Waals surface area contributed by atoms with Gasteiger partial charge in [-0.15, -0.1) is 0 Å². The molecule has 1 unspecified atom stereocenters. The standard InChI is InChI=1S/C14H22N2O/c1-14(17)6-7-16(11-14)10-13-5-3-4-12(8-13)9-15-2/h3-5,8,15,17H,6-7,9-11H2,1-2H3. The van der Waals surface area contributed by atoms with E-state index in [2.05, 4.69) is 34.5 Å². The maximum absolute atomic E-state index is 9.93. The summed E-state index contributed by atoms with van der Waals surface area (Å²) in [6.45, 7) is 5.54. The molecule has 2 rings (SSSR count). The largest absolute Gasteiger partial charge is 0.389 e. The highest BCUT2D eigenvalue weighted by Gasteiger charge is 2.30. The van der Waals surface area contributed by atoms with E-state index in [1.165, 1.54) is 11.1 Å². The zero-order chi connectivity index (χ0) is 12.3. The van der Waals surface area contributed by atoms with Gasteiger partial charge in [0.05, 0.1) is 5.60 Å². The number of aliphatic hydroxyl groups is 1. The van der Waals surface area contributed by atoms with Gasteiger partial charge in [-0.3, -0.25) is 4.90 Å². The number of hydrogen-bond donors (Lipinski definition) is 2. The van der Waals surface area contributed by atoms with E-state index in [1.54, 1.807) is 0 Å². The van der Waals surface area contributed by atoms with E-state index in [4.69, 9.17) is 0 Å². The second-order valence-corrected chi connectivity index (χ2v) is 5.31. The predicted molar refractivity (Wildman–Crippen MR) is 69.7 cm³/mol. The van der Waals surface area contributed by atoms with E-state index in [0.717, 1.165) is 32.6 Å². The first-order valence-electron chi connectivity index (χ1n) is 6.26. The summed E-state index contributed by atoms with van der Waals surface area (Å²) in [6.07, 6.45) is 0.878. The average molecular weight is 234 g/mol. The second-order valence-electron chi connectivity index (χ2n) is 5.31. The van der Waals surface area contributed by atoms with E-state index in [9.17, 15) is 5.11 Å². The van der Waals surface area contributed by atoms with Gasteiger partial charge in [0, 0.05) is 26.2 Å². The zero-order valence-corrected chi connectivity index (χ0v) is 10.7. The van der Waals surface area contributed by atoms with Crippen molar-refractivity contribution >= 4 is 0 Å². The molecule has 3 heteroatoms. The van der Waals surface area contributed by atoms with Crippen LogP contribution in [0.2, 0.25) is 0 Å². The second kappa shape index (κ2) is 5.17. The van der Waals surface area contributed by atoms with Crippen LogP contribution < -0.4 is 5.32 Å². The van der Waals surface area contributed by atoms with Crippen LogP contribution in [0.15, 0.2) is 24.3 Å². The molecule has 1 aromatic carbocycles.